The topological polar surface area (TPSA) is 37.4 Å². The Balaban J connectivity index is 1.43. The highest BCUT2D eigenvalue weighted by molar-refractivity contribution is 7.09. The molecular weight excluding hydrogens is 282 g/mol. The average molecular weight is 309 g/mol. The number of fused-ring (bicyclic) bond motifs is 1. The molecule has 1 aromatic heterocycles. The predicted octanol–water partition coefficient (Wildman–Crippen LogP) is 2.39. The average Bonchev–Trinajstić information content (AvgIpc) is 3.05. The van der Waals surface area contributed by atoms with Crippen LogP contribution >= 0.6 is 11.3 Å². The summed E-state index contributed by atoms with van der Waals surface area (Å²) in [4.78, 5) is 7.32. The third-order valence-corrected chi connectivity index (χ3v) is 5.28. The fourth-order valence-corrected chi connectivity index (χ4v) is 4.08. The number of hydrogen-bond acceptors (Lipinski definition) is 5. The summed E-state index contributed by atoms with van der Waals surface area (Å²) in [6.45, 7) is 11.7. The highest BCUT2D eigenvalue weighted by Gasteiger charge is 2.31. The fourth-order valence-electron chi connectivity index (χ4n) is 3.09. The lowest BCUT2D eigenvalue weighted by atomic mass is 9.93. The summed E-state index contributed by atoms with van der Waals surface area (Å²) in [7, 11) is 0. The van der Waals surface area contributed by atoms with E-state index in [-0.39, 0.29) is 5.41 Å². The molecule has 2 fully saturated rings. The zero-order valence-corrected chi connectivity index (χ0v) is 14.2. The summed E-state index contributed by atoms with van der Waals surface area (Å²) in [5.74, 6) is 0. The van der Waals surface area contributed by atoms with Crippen LogP contribution < -0.4 is 5.32 Å². The van der Waals surface area contributed by atoms with Gasteiger partial charge in [0.05, 0.1) is 18.4 Å². The van der Waals surface area contributed by atoms with Crippen molar-refractivity contribution in [3.63, 3.8) is 0 Å². The number of aromatic nitrogens is 1. The molecule has 3 rings (SSSR count). The van der Waals surface area contributed by atoms with E-state index in [0.717, 1.165) is 26.2 Å². The molecule has 5 heteroatoms. The second kappa shape index (κ2) is 6.32. The molecule has 2 unspecified atom stereocenters. The summed E-state index contributed by atoms with van der Waals surface area (Å²) in [5.41, 5.74) is 1.34. The van der Waals surface area contributed by atoms with Gasteiger partial charge in [0, 0.05) is 36.5 Å². The summed E-state index contributed by atoms with van der Waals surface area (Å²) in [6, 6.07) is 0.689. The highest BCUT2D eigenvalue weighted by atomic mass is 32.1. The molecule has 1 N–H and O–H groups in total. The van der Waals surface area contributed by atoms with Gasteiger partial charge < -0.3 is 10.1 Å². The first-order valence-corrected chi connectivity index (χ1v) is 8.91. The van der Waals surface area contributed by atoms with Gasteiger partial charge in [0.2, 0.25) is 0 Å². The van der Waals surface area contributed by atoms with Gasteiger partial charge in [0.1, 0.15) is 5.01 Å². The lowest BCUT2D eigenvalue weighted by Crippen LogP contribution is -2.49. The Morgan fingerprint density at radius 2 is 2.33 bits per heavy atom. The monoisotopic (exact) mass is 309 g/mol. The number of nitrogens with zero attached hydrogens (tertiary/aromatic N) is 2. The number of nitrogens with one attached hydrogen (secondary N) is 1. The molecule has 2 saturated heterocycles. The van der Waals surface area contributed by atoms with Gasteiger partial charge in [0.15, 0.2) is 0 Å². The molecule has 0 aromatic carbocycles. The van der Waals surface area contributed by atoms with E-state index in [4.69, 9.17) is 9.72 Å². The Morgan fingerprint density at radius 3 is 3.10 bits per heavy atom. The van der Waals surface area contributed by atoms with Gasteiger partial charge in [-0.05, 0) is 19.4 Å². The van der Waals surface area contributed by atoms with Crippen molar-refractivity contribution < 1.29 is 4.74 Å². The van der Waals surface area contributed by atoms with Crippen molar-refractivity contribution in [3.8, 4) is 0 Å². The van der Waals surface area contributed by atoms with Gasteiger partial charge in [-0.2, -0.15) is 0 Å². The van der Waals surface area contributed by atoms with E-state index in [2.05, 4.69) is 36.4 Å². The molecule has 2 atom stereocenters. The first-order chi connectivity index (χ1) is 10.0. The molecule has 21 heavy (non-hydrogen) atoms. The predicted molar refractivity (Wildman–Crippen MR) is 86.9 cm³/mol. The first kappa shape index (κ1) is 15.4. The van der Waals surface area contributed by atoms with Gasteiger partial charge in [-0.15, -0.1) is 11.3 Å². The number of rotatable bonds is 4. The summed E-state index contributed by atoms with van der Waals surface area (Å²) >= 11 is 1.75. The molecule has 0 radical (unpaired) electrons. The number of morpholine rings is 1. The Morgan fingerprint density at radius 1 is 1.48 bits per heavy atom. The molecule has 0 amide bonds. The summed E-state index contributed by atoms with van der Waals surface area (Å²) in [6.07, 6.45) is 2.99. The molecular formula is C16H27N3OS. The van der Waals surface area contributed by atoms with Crippen molar-refractivity contribution in [2.45, 2.75) is 57.7 Å². The quantitative estimate of drug-likeness (QED) is 0.927. The Labute approximate surface area is 131 Å². The molecule has 2 aliphatic rings. The second-order valence-corrected chi connectivity index (χ2v) is 8.20. The Bertz CT molecular complexity index is 468. The van der Waals surface area contributed by atoms with Crippen LogP contribution in [0.3, 0.4) is 0 Å². The van der Waals surface area contributed by atoms with Crippen molar-refractivity contribution in [2.24, 2.45) is 0 Å². The third kappa shape index (κ3) is 3.83. The SMILES string of the molecule is CC(C)(C)c1csc(CNCC2CN3CCCC3CO2)n1. The van der Waals surface area contributed by atoms with E-state index in [1.165, 1.54) is 30.1 Å². The molecule has 0 spiro atoms. The molecule has 3 heterocycles. The van der Waals surface area contributed by atoms with Gasteiger partial charge in [0.25, 0.3) is 0 Å². The molecule has 0 bridgehead atoms. The van der Waals surface area contributed by atoms with Crippen LogP contribution in [0.5, 0.6) is 0 Å². The van der Waals surface area contributed by atoms with Crippen LogP contribution in [-0.4, -0.2) is 48.3 Å². The molecule has 4 nitrogen and oxygen atoms in total. The smallest absolute Gasteiger partial charge is 0.107 e. The van der Waals surface area contributed by atoms with Crippen LogP contribution in [0.15, 0.2) is 5.38 Å². The van der Waals surface area contributed by atoms with Crippen LogP contribution in [-0.2, 0) is 16.7 Å². The minimum atomic E-state index is 0.145. The lowest BCUT2D eigenvalue weighted by molar-refractivity contribution is -0.0470. The van der Waals surface area contributed by atoms with Crippen molar-refractivity contribution in [1.82, 2.24) is 15.2 Å². The zero-order valence-electron chi connectivity index (χ0n) is 13.4. The first-order valence-electron chi connectivity index (χ1n) is 8.03. The molecule has 2 aliphatic heterocycles. The van der Waals surface area contributed by atoms with Gasteiger partial charge in [-0.1, -0.05) is 20.8 Å². The number of ether oxygens (including phenoxy) is 1. The largest absolute Gasteiger partial charge is 0.374 e. The normalized spacial score (nSPS) is 27.0. The maximum absolute atomic E-state index is 5.97. The van der Waals surface area contributed by atoms with Crippen molar-refractivity contribution in [3.05, 3.63) is 16.1 Å². The van der Waals surface area contributed by atoms with Crippen molar-refractivity contribution in [2.75, 3.05) is 26.2 Å². The Kier molecular flexibility index (Phi) is 4.64. The Hall–Kier alpha value is -0.490. The van der Waals surface area contributed by atoms with Crippen LogP contribution in [0.4, 0.5) is 0 Å². The van der Waals surface area contributed by atoms with E-state index in [9.17, 15) is 0 Å². The van der Waals surface area contributed by atoms with E-state index in [1.54, 1.807) is 11.3 Å². The van der Waals surface area contributed by atoms with Gasteiger partial charge >= 0.3 is 0 Å². The molecule has 1 aromatic rings. The van der Waals surface area contributed by atoms with Crippen molar-refractivity contribution >= 4 is 11.3 Å². The van der Waals surface area contributed by atoms with Crippen LogP contribution in [0.1, 0.15) is 44.3 Å². The lowest BCUT2D eigenvalue weighted by Gasteiger charge is -2.35. The van der Waals surface area contributed by atoms with Gasteiger partial charge in [-0.25, -0.2) is 4.98 Å². The minimum Gasteiger partial charge on any atom is -0.374 e. The van der Waals surface area contributed by atoms with E-state index in [0.29, 0.717) is 12.1 Å². The maximum atomic E-state index is 5.97. The summed E-state index contributed by atoms with van der Waals surface area (Å²) < 4.78 is 5.97. The molecule has 0 saturated carbocycles. The standard InChI is InChI=1S/C16H27N3OS/c1-16(2,3)14-11-21-15(18-14)8-17-7-13-9-19-6-4-5-12(19)10-20-13/h11-13,17H,4-10H2,1-3H3. The molecule has 0 aliphatic carbocycles. The highest BCUT2D eigenvalue weighted by Crippen LogP contribution is 2.24. The van der Waals surface area contributed by atoms with E-state index < -0.39 is 0 Å². The second-order valence-electron chi connectivity index (χ2n) is 7.25. The fraction of sp³-hybridized carbons (Fsp3) is 0.812. The van der Waals surface area contributed by atoms with Crippen LogP contribution in [0.25, 0.3) is 0 Å². The number of thiazole rings is 1. The van der Waals surface area contributed by atoms with Crippen molar-refractivity contribution in [1.29, 1.82) is 0 Å². The maximum Gasteiger partial charge on any atom is 0.107 e. The van der Waals surface area contributed by atoms with E-state index >= 15 is 0 Å². The van der Waals surface area contributed by atoms with E-state index in [1.807, 2.05) is 0 Å². The third-order valence-electron chi connectivity index (χ3n) is 4.43. The van der Waals surface area contributed by atoms with Crippen LogP contribution in [0, 0.1) is 0 Å². The zero-order chi connectivity index (χ0) is 14.9. The molecule has 118 valence electrons. The van der Waals surface area contributed by atoms with Gasteiger partial charge in [-0.3, -0.25) is 4.90 Å². The number of hydrogen-bond donors (Lipinski definition) is 1. The summed E-state index contributed by atoms with van der Waals surface area (Å²) in [5, 5.41) is 6.87. The minimum absolute atomic E-state index is 0.145. The van der Waals surface area contributed by atoms with Crippen LogP contribution in [0.2, 0.25) is 0 Å².